The summed E-state index contributed by atoms with van der Waals surface area (Å²) < 4.78 is 14.8. The maximum absolute atomic E-state index is 13.0. The number of aldehydes is 1. The molecule has 82 valence electrons. The van der Waals surface area contributed by atoms with Crippen molar-refractivity contribution in [2.24, 2.45) is 0 Å². The van der Waals surface area contributed by atoms with E-state index in [4.69, 9.17) is 0 Å². The summed E-state index contributed by atoms with van der Waals surface area (Å²) in [6.07, 6.45) is 4.96. The molecule has 0 aromatic carbocycles. The highest BCUT2D eigenvalue weighted by atomic mass is 19.1. The lowest BCUT2D eigenvalue weighted by Crippen LogP contribution is -1.93. The lowest BCUT2D eigenvalue weighted by Gasteiger charge is -1.98. The molecule has 0 saturated heterocycles. The van der Waals surface area contributed by atoms with Gasteiger partial charge in [-0.15, -0.1) is 0 Å². The smallest absolute Gasteiger partial charge is 0.153 e. The molecule has 0 amide bonds. The molecule has 0 spiro atoms. The van der Waals surface area contributed by atoms with Gasteiger partial charge in [0.05, 0.1) is 23.7 Å². The van der Waals surface area contributed by atoms with Crippen molar-refractivity contribution >= 4 is 6.29 Å². The highest BCUT2D eigenvalue weighted by molar-refractivity contribution is 5.77. The van der Waals surface area contributed by atoms with Crippen LogP contribution in [0.3, 0.4) is 0 Å². The molecule has 0 bridgehead atoms. The van der Waals surface area contributed by atoms with E-state index in [1.807, 2.05) is 6.92 Å². The number of aromatic nitrogens is 3. The van der Waals surface area contributed by atoms with Gasteiger partial charge >= 0.3 is 0 Å². The highest BCUT2D eigenvalue weighted by Gasteiger charge is 2.07. The Morgan fingerprint density at radius 1 is 1.50 bits per heavy atom. The average molecular weight is 219 g/mol. The van der Waals surface area contributed by atoms with Crippen LogP contribution in [-0.2, 0) is 6.54 Å². The molecule has 2 aromatic rings. The molecule has 0 atom stereocenters. The summed E-state index contributed by atoms with van der Waals surface area (Å²) in [7, 11) is 0. The molecule has 0 aliphatic carbocycles. The molecule has 0 aliphatic rings. The molecular weight excluding hydrogens is 209 g/mol. The van der Waals surface area contributed by atoms with Crippen LogP contribution in [0.15, 0.2) is 24.7 Å². The minimum absolute atomic E-state index is 0.00856. The zero-order valence-corrected chi connectivity index (χ0v) is 8.72. The van der Waals surface area contributed by atoms with Gasteiger partial charge in [0.15, 0.2) is 12.1 Å². The highest BCUT2D eigenvalue weighted by Crippen LogP contribution is 2.17. The lowest BCUT2D eigenvalue weighted by atomic mass is 10.2. The third-order valence-corrected chi connectivity index (χ3v) is 2.26. The summed E-state index contributed by atoms with van der Waals surface area (Å²) in [5.74, 6) is -0.610. The van der Waals surface area contributed by atoms with Gasteiger partial charge < -0.3 is 0 Å². The average Bonchev–Trinajstić information content (AvgIpc) is 2.78. The Balaban J connectivity index is 2.43. The monoisotopic (exact) mass is 219 g/mol. The van der Waals surface area contributed by atoms with Gasteiger partial charge in [-0.1, -0.05) is 0 Å². The number of aryl methyl sites for hydroxylation is 1. The summed E-state index contributed by atoms with van der Waals surface area (Å²) in [5.41, 5.74) is 1.32. The largest absolute Gasteiger partial charge is 0.298 e. The SMILES string of the molecule is CCn1cc(-c2cc(C=O)c(F)cn2)cn1. The molecule has 4 nitrogen and oxygen atoms in total. The predicted molar refractivity (Wildman–Crippen MR) is 56.5 cm³/mol. The summed E-state index contributed by atoms with van der Waals surface area (Å²) in [6.45, 7) is 2.72. The van der Waals surface area contributed by atoms with E-state index in [0.29, 0.717) is 12.0 Å². The van der Waals surface area contributed by atoms with E-state index in [1.165, 1.54) is 6.07 Å². The van der Waals surface area contributed by atoms with Crippen LogP contribution in [0.2, 0.25) is 0 Å². The molecule has 0 N–H and O–H groups in total. The molecule has 5 heteroatoms. The molecule has 0 unspecified atom stereocenters. The first-order chi connectivity index (χ1) is 7.74. The third-order valence-electron chi connectivity index (χ3n) is 2.26. The summed E-state index contributed by atoms with van der Waals surface area (Å²) in [4.78, 5) is 14.5. The van der Waals surface area contributed by atoms with Crippen LogP contribution in [0.25, 0.3) is 11.3 Å². The Morgan fingerprint density at radius 3 is 2.94 bits per heavy atom. The number of pyridine rings is 1. The van der Waals surface area contributed by atoms with Gasteiger partial charge in [-0.3, -0.25) is 14.5 Å². The molecule has 0 aliphatic heterocycles. The zero-order valence-electron chi connectivity index (χ0n) is 8.72. The molecule has 0 saturated carbocycles. The maximum Gasteiger partial charge on any atom is 0.153 e. The quantitative estimate of drug-likeness (QED) is 0.741. The topological polar surface area (TPSA) is 47.8 Å². The van der Waals surface area contributed by atoms with Gasteiger partial charge in [-0.05, 0) is 13.0 Å². The van der Waals surface area contributed by atoms with Crippen molar-refractivity contribution < 1.29 is 9.18 Å². The fourth-order valence-electron chi connectivity index (χ4n) is 1.37. The van der Waals surface area contributed by atoms with Crippen LogP contribution in [0.5, 0.6) is 0 Å². The number of rotatable bonds is 3. The first kappa shape index (κ1) is 10.5. The fraction of sp³-hybridized carbons (Fsp3) is 0.182. The van der Waals surface area contributed by atoms with Crippen molar-refractivity contribution in [1.29, 1.82) is 0 Å². The number of nitrogens with zero attached hydrogens (tertiary/aromatic N) is 3. The standard InChI is InChI=1S/C11H10FN3O/c1-2-15-6-9(4-14-15)11-3-8(7-16)10(12)5-13-11/h3-7H,2H2,1H3. The van der Waals surface area contributed by atoms with Crippen LogP contribution < -0.4 is 0 Å². The van der Waals surface area contributed by atoms with Crippen molar-refractivity contribution in [2.45, 2.75) is 13.5 Å². The van der Waals surface area contributed by atoms with Gasteiger partial charge in [0.25, 0.3) is 0 Å². The van der Waals surface area contributed by atoms with Crippen molar-refractivity contribution in [3.05, 3.63) is 36.0 Å². The van der Waals surface area contributed by atoms with Crippen LogP contribution >= 0.6 is 0 Å². The van der Waals surface area contributed by atoms with E-state index in [2.05, 4.69) is 10.1 Å². The van der Waals surface area contributed by atoms with Crippen LogP contribution in [0.4, 0.5) is 4.39 Å². The fourth-order valence-corrected chi connectivity index (χ4v) is 1.37. The molecular formula is C11H10FN3O. The number of hydrogen-bond acceptors (Lipinski definition) is 3. The zero-order chi connectivity index (χ0) is 11.5. The number of carbonyl (C=O) groups is 1. The molecule has 16 heavy (non-hydrogen) atoms. The van der Waals surface area contributed by atoms with Gasteiger partial charge in [-0.2, -0.15) is 5.10 Å². The minimum atomic E-state index is -0.610. The second-order valence-electron chi connectivity index (χ2n) is 3.29. The Kier molecular flexibility index (Phi) is 2.76. The number of carbonyl (C=O) groups excluding carboxylic acids is 1. The van der Waals surface area contributed by atoms with Crippen molar-refractivity contribution in [2.75, 3.05) is 0 Å². The third kappa shape index (κ3) is 1.84. The Bertz CT molecular complexity index is 522. The van der Waals surface area contributed by atoms with E-state index >= 15 is 0 Å². The predicted octanol–water partition coefficient (Wildman–Crippen LogP) is 1.92. The lowest BCUT2D eigenvalue weighted by molar-refractivity contribution is 0.111. The molecule has 2 rings (SSSR count). The summed E-state index contributed by atoms with van der Waals surface area (Å²) in [6, 6.07) is 1.42. The number of hydrogen-bond donors (Lipinski definition) is 0. The van der Waals surface area contributed by atoms with Crippen molar-refractivity contribution in [1.82, 2.24) is 14.8 Å². The Labute approximate surface area is 91.7 Å². The second-order valence-corrected chi connectivity index (χ2v) is 3.29. The first-order valence-electron chi connectivity index (χ1n) is 4.88. The van der Waals surface area contributed by atoms with Crippen LogP contribution in [0.1, 0.15) is 17.3 Å². The van der Waals surface area contributed by atoms with E-state index in [1.54, 1.807) is 17.1 Å². The van der Waals surface area contributed by atoms with Crippen molar-refractivity contribution in [3.63, 3.8) is 0 Å². The molecule has 0 fully saturated rings. The second kappa shape index (κ2) is 4.22. The van der Waals surface area contributed by atoms with E-state index < -0.39 is 5.82 Å². The van der Waals surface area contributed by atoms with E-state index in [9.17, 15) is 9.18 Å². The molecule has 2 heterocycles. The normalized spacial score (nSPS) is 10.4. The number of halogens is 1. The Morgan fingerprint density at radius 2 is 2.31 bits per heavy atom. The van der Waals surface area contributed by atoms with Crippen LogP contribution in [0, 0.1) is 5.82 Å². The van der Waals surface area contributed by atoms with Crippen LogP contribution in [-0.4, -0.2) is 21.1 Å². The van der Waals surface area contributed by atoms with Gasteiger partial charge in [-0.25, -0.2) is 4.39 Å². The van der Waals surface area contributed by atoms with Gasteiger partial charge in [0.2, 0.25) is 0 Å². The van der Waals surface area contributed by atoms with Gasteiger partial charge in [0.1, 0.15) is 0 Å². The van der Waals surface area contributed by atoms with Crippen molar-refractivity contribution in [3.8, 4) is 11.3 Å². The molecule has 0 radical (unpaired) electrons. The minimum Gasteiger partial charge on any atom is -0.298 e. The maximum atomic E-state index is 13.0. The molecule has 2 aromatic heterocycles. The Hall–Kier alpha value is -2.04. The summed E-state index contributed by atoms with van der Waals surface area (Å²) in [5, 5.41) is 4.08. The summed E-state index contributed by atoms with van der Waals surface area (Å²) >= 11 is 0. The first-order valence-corrected chi connectivity index (χ1v) is 4.88. The van der Waals surface area contributed by atoms with Gasteiger partial charge in [0, 0.05) is 18.3 Å². The van der Waals surface area contributed by atoms with E-state index in [-0.39, 0.29) is 5.56 Å². The van der Waals surface area contributed by atoms with E-state index in [0.717, 1.165) is 18.3 Å².